The van der Waals surface area contributed by atoms with Gasteiger partial charge in [0.25, 0.3) is 0 Å². The number of rotatable bonds is 3. The summed E-state index contributed by atoms with van der Waals surface area (Å²) in [5.74, 6) is 5.61. The molecule has 0 unspecified atom stereocenters. The van der Waals surface area contributed by atoms with Crippen LogP contribution in [-0.2, 0) is 11.3 Å². The van der Waals surface area contributed by atoms with Crippen LogP contribution < -0.4 is 11.1 Å². The maximum atomic E-state index is 12.0. The van der Waals surface area contributed by atoms with Gasteiger partial charge < -0.3 is 11.1 Å². The first-order valence-electron chi connectivity index (χ1n) is 6.68. The third kappa shape index (κ3) is 4.20. The average molecular weight is 282 g/mol. The number of amides is 1. The fraction of sp³-hybridized carbons (Fsp3) is 0.250. The van der Waals surface area contributed by atoms with Crippen LogP contribution in [-0.4, -0.2) is 22.2 Å². The lowest BCUT2D eigenvalue weighted by atomic mass is 10.2. The lowest BCUT2D eigenvalue weighted by Gasteiger charge is -2.06. The minimum Gasteiger partial charge on any atom is -0.324 e. The van der Waals surface area contributed by atoms with E-state index in [2.05, 4.69) is 22.3 Å². The van der Waals surface area contributed by atoms with E-state index in [0.29, 0.717) is 6.54 Å². The molecule has 5 heteroatoms. The maximum absolute atomic E-state index is 12.0. The van der Waals surface area contributed by atoms with E-state index in [1.807, 2.05) is 44.2 Å². The fourth-order valence-corrected chi connectivity index (χ4v) is 1.96. The molecule has 1 amide bonds. The van der Waals surface area contributed by atoms with Gasteiger partial charge in [-0.15, -0.1) is 0 Å². The van der Waals surface area contributed by atoms with Gasteiger partial charge in [0.1, 0.15) is 6.54 Å². The molecule has 0 aliphatic carbocycles. The van der Waals surface area contributed by atoms with E-state index < -0.39 is 0 Å². The normalized spacial score (nSPS) is 9.86. The standard InChI is InChI=1S/C16H18N4O/c1-12-10-13(2)20(19-12)11-16(21)18-15-7-5-14(6-8-15)4-3-9-17/h5-8,10H,9,11,17H2,1-2H3,(H,18,21). The van der Waals surface area contributed by atoms with Crippen LogP contribution in [0.4, 0.5) is 5.69 Å². The number of carbonyl (C=O) groups excluding carboxylic acids is 1. The van der Waals surface area contributed by atoms with E-state index in [0.717, 1.165) is 22.6 Å². The number of hydrogen-bond donors (Lipinski definition) is 2. The molecule has 0 aliphatic rings. The van der Waals surface area contributed by atoms with Gasteiger partial charge in [0.05, 0.1) is 12.2 Å². The number of aryl methyl sites for hydroxylation is 2. The van der Waals surface area contributed by atoms with Crippen LogP contribution in [0.25, 0.3) is 0 Å². The summed E-state index contributed by atoms with van der Waals surface area (Å²) in [5.41, 5.74) is 8.80. The van der Waals surface area contributed by atoms with E-state index >= 15 is 0 Å². The molecule has 5 nitrogen and oxygen atoms in total. The van der Waals surface area contributed by atoms with Crippen molar-refractivity contribution in [3.05, 3.63) is 47.3 Å². The summed E-state index contributed by atoms with van der Waals surface area (Å²) in [4.78, 5) is 12.0. The smallest absolute Gasteiger partial charge is 0.246 e. The first kappa shape index (κ1) is 14.8. The van der Waals surface area contributed by atoms with Gasteiger partial charge >= 0.3 is 0 Å². The number of nitrogens with one attached hydrogen (secondary N) is 1. The van der Waals surface area contributed by atoms with Gasteiger partial charge in [-0.05, 0) is 44.2 Å². The maximum Gasteiger partial charge on any atom is 0.246 e. The summed E-state index contributed by atoms with van der Waals surface area (Å²) in [6, 6.07) is 9.28. The third-order valence-corrected chi connectivity index (χ3v) is 2.90. The SMILES string of the molecule is Cc1cc(C)n(CC(=O)Nc2ccc(C#CCN)cc2)n1. The monoisotopic (exact) mass is 282 g/mol. The van der Waals surface area contributed by atoms with Crippen molar-refractivity contribution in [1.82, 2.24) is 9.78 Å². The summed E-state index contributed by atoms with van der Waals surface area (Å²) in [6.07, 6.45) is 0. The Morgan fingerprint density at radius 3 is 2.62 bits per heavy atom. The van der Waals surface area contributed by atoms with Crippen LogP contribution in [0.5, 0.6) is 0 Å². The molecule has 1 aromatic heterocycles. The highest BCUT2D eigenvalue weighted by molar-refractivity contribution is 5.90. The minimum atomic E-state index is -0.109. The Kier molecular flexibility index (Phi) is 4.75. The van der Waals surface area contributed by atoms with Crippen LogP contribution in [0.2, 0.25) is 0 Å². The summed E-state index contributed by atoms with van der Waals surface area (Å²) < 4.78 is 1.69. The number of hydrogen-bond acceptors (Lipinski definition) is 3. The van der Waals surface area contributed by atoms with Crippen molar-refractivity contribution in [1.29, 1.82) is 0 Å². The zero-order chi connectivity index (χ0) is 15.2. The Morgan fingerprint density at radius 1 is 1.33 bits per heavy atom. The third-order valence-electron chi connectivity index (χ3n) is 2.90. The molecule has 3 N–H and O–H groups in total. The van der Waals surface area contributed by atoms with E-state index in [9.17, 15) is 4.79 Å². The minimum absolute atomic E-state index is 0.109. The molecule has 0 spiro atoms. The van der Waals surface area contributed by atoms with Crippen molar-refractivity contribution in [2.24, 2.45) is 5.73 Å². The molecule has 1 heterocycles. The van der Waals surface area contributed by atoms with Gasteiger partial charge in [0, 0.05) is 16.9 Å². The molecule has 0 radical (unpaired) electrons. The van der Waals surface area contributed by atoms with Gasteiger partial charge in [-0.1, -0.05) is 11.8 Å². The number of carbonyl (C=O) groups is 1. The first-order valence-corrected chi connectivity index (χ1v) is 6.68. The molecule has 2 rings (SSSR count). The highest BCUT2D eigenvalue weighted by atomic mass is 16.2. The average Bonchev–Trinajstić information content (AvgIpc) is 2.76. The van der Waals surface area contributed by atoms with E-state index in [-0.39, 0.29) is 12.5 Å². The topological polar surface area (TPSA) is 72.9 Å². The molecule has 21 heavy (non-hydrogen) atoms. The van der Waals surface area contributed by atoms with Crippen molar-refractivity contribution in [2.75, 3.05) is 11.9 Å². The highest BCUT2D eigenvalue weighted by Gasteiger charge is 2.07. The Balaban J connectivity index is 1.98. The number of nitrogens with two attached hydrogens (primary N) is 1. The predicted octanol–water partition coefficient (Wildman–Crippen LogP) is 1.45. The van der Waals surface area contributed by atoms with Crippen molar-refractivity contribution >= 4 is 11.6 Å². The van der Waals surface area contributed by atoms with Crippen LogP contribution in [0.1, 0.15) is 17.0 Å². The van der Waals surface area contributed by atoms with Crippen molar-refractivity contribution in [3.63, 3.8) is 0 Å². The Morgan fingerprint density at radius 2 is 2.05 bits per heavy atom. The molecule has 1 aromatic carbocycles. The molecule has 0 aliphatic heterocycles. The zero-order valence-electron chi connectivity index (χ0n) is 12.2. The molecule has 0 bridgehead atoms. The molecule has 0 saturated carbocycles. The van der Waals surface area contributed by atoms with Crippen molar-refractivity contribution in [3.8, 4) is 11.8 Å². The lowest BCUT2D eigenvalue weighted by molar-refractivity contribution is -0.116. The second kappa shape index (κ2) is 6.73. The number of nitrogens with zero attached hydrogens (tertiary/aromatic N) is 2. The van der Waals surface area contributed by atoms with Gasteiger partial charge in [-0.25, -0.2) is 0 Å². The van der Waals surface area contributed by atoms with E-state index in [1.165, 1.54) is 0 Å². The first-order chi connectivity index (χ1) is 10.1. The lowest BCUT2D eigenvalue weighted by Crippen LogP contribution is -2.20. The molecule has 0 fully saturated rings. The Labute approximate surface area is 124 Å². The van der Waals surface area contributed by atoms with Crippen molar-refractivity contribution < 1.29 is 4.79 Å². The summed E-state index contributed by atoms with van der Waals surface area (Å²) in [7, 11) is 0. The Bertz CT molecular complexity index is 689. The molecule has 2 aromatic rings. The Hall–Kier alpha value is -2.58. The van der Waals surface area contributed by atoms with Crippen molar-refractivity contribution in [2.45, 2.75) is 20.4 Å². The molecular weight excluding hydrogens is 264 g/mol. The summed E-state index contributed by atoms with van der Waals surface area (Å²) in [5, 5.41) is 7.10. The number of anilines is 1. The van der Waals surface area contributed by atoms with Gasteiger partial charge in [0.15, 0.2) is 0 Å². The van der Waals surface area contributed by atoms with E-state index in [1.54, 1.807) is 4.68 Å². The molecular formula is C16H18N4O. The van der Waals surface area contributed by atoms with Gasteiger partial charge in [0.2, 0.25) is 5.91 Å². The molecule has 0 atom stereocenters. The zero-order valence-corrected chi connectivity index (χ0v) is 12.2. The summed E-state index contributed by atoms with van der Waals surface area (Å²) >= 11 is 0. The number of benzene rings is 1. The molecule has 108 valence electrons. The van der Waals surface area contributed by atoms with E-state index in [4.69, 9.17) is 5.73 Å². The van der Waals surface area contributed by atoms with Crippen LogP contribution in [0.15, 0.2) is 30.3 Å². The van der Waals surface area contributed by atoms with Gasteiger partial charge in [-0.2, -0.15) is 5.10 Å². The van der Waals surface area contributed by atoms with Crippen LogP contribution in [0.3, 0.4) is 0 Å². The quantitative estimate of drug-likeness (QED) is 0.837. The second-order valence-electron chi connectivity index (χ2n) is 4.72. The molecule has 0 saturated heterocycles. The van der Waals surface area contributed by atoms with Crippen LogP contribution in [0, 0.1) is 25.7 Å². The predicted molar refractivity (Wildman–Crippen MR) is 82.7 cm³/mol. The van der Waals surface area contributed by atoms with Gasteiger partial charge in [-0.3, -0.25) is 9.48 Å². The fourth-order valence-electron chi connectivity index (χ4n) is 1.96. The highest BCUT2D eigenvalue weighted by Crippen LogP contribution is 2.09. The number of aromatic nitrogens is 2. The van der Waals surface area contributed by atoms with Crippen LogP contribution >= 0.6 is 0 Å². The second-order valence-corrected chi connectivity index (χ2v) is 4.72. The summed E-state index contributed by atoms with van der Waals surface area (Å²) in [6.45, 7) is 4.37. The largest absolute Gasteiger partial charge is 0.324 e.